The fraction of sp³-hybridized carbons (Fsp3) is 0.227. The molecule has 1 aliphatic carbocycles. The van der Waals surface area contributed by atoms with Crippen molar-refractivity contribution in [3.05, 3.63) is 65.7 Å². The van der Waals surface area contributed by atoms with Crippen LogP contribution in [0.15, 0.2) is 54.6 Å². The van der Waals surface area contributed by atoms with Crippen molar-refractivity contribution in [1.82, 2.24) is 0 Å². The Hall–Kier alpha value is -3.06. The van der Waals surface area contributed by atoms with Gasteiger partial charge in [0.25, 0.3) is 0 Å². The van der Waals surface area contributed by atoms with E-state index in [1.165, 1.54) is 23.6 Å². The molecule has 0 aromatic heterocycles. The fourth-order valence-electron chi connectivity index (χ4n) is 3.82. The van der Waals surface area contributed by atoms with Crippen LogP contribution in [-0.4, -0.2) is 34.2 Å². The molecule has 7 heteroatoms. The molecule has 0 spiro atoms. The smallest absolute Gasteiger partial charge is 0.245 e. The molecule has 3 aromatic rings. The second kappa shape index (κ2) is 7.40. The molecule has 1 N–H and O–H groups in total. The summed E-state index contributed by atoms with van der Waals surface area (Å²) in [6, 6.07) is 16.6. The molecular weight excluding hydrogens is 388 g/mol. The third-order valence-corrected chi connectivity index (χ3v) is 6.34. The van der Waals surface area contributed by atoms with Crippen LogP contribution < -0.4 is 14.4 Å². The standard InChI is InChI=1S/C22H22N2O4S/c1-28-18-11-9-17(10-12-18)24(29(2,26)27)14-21(25)23-20-13-8-16-7-6-15-4-3-5-19(20)22(15)16/h3-5,8-13H,6-7,14H2,1-2H3,(H,23,25). The second-order valence-corrected chi connectivity index (χ2v) is 9.03. The Labute approximate surface area is 170 Å². The second-order valence-electron chi connectivity index (χ2n) is 7.13. The van der Waals surface area contributed by atoms with Crippen molar-refractivity contribution < 1.29 is 17.9 Å². The Balaban J connectivity index is 1.60. The SMILES string of the molecule is COc1ccc(N(CC(=O)Nc2ccc3c4c(cccc24)CC3)S(C)(=O)=O)cc1. The summed E-state index contributed by atoms with van der Waals surface area (Å²) in [6.45, 7) is -0.311. The molecule has 1 aliphatic rings. The van der Waals surface area contributed by atoms with Gasteiger partial charge < -0.3 is 10.1 Å². The number of nitrogens with zero attached hydrogens (tertiary/aromatic N) is 1. The minimum absolute atomic E-state index is 0.311. The molecule has 0 heterocycles. The molecule has 3 aromatic carbocycles. The average molecular weight is 410 g/mol. The molecule has 0 aliphatic heterocycles. The molecular formula is C22H22N2O4S. The van der Waals surface area contributed by atoms with Gasteiger partial charge in [-0.05, 0) is 59.7 Å². The number of ether oxygens (including phenoxy) is 1. The van der Waals surface area contributed by atoms with Crippen molar-refractivity contribution in [3.8, 4) is 5.75 Å². The predicted molar refractivity (Wildman–Crippen MR) is 115 cm³/mol. The molecule has 4 rings (SSSR count). The van der Waals surface area contributed by atoms with Crippen LogP contribution in [0.1, 0.15) is 11.1 Å². The maximum atomic E-state index is 12.8. The van der Waals surface area contributed by atoms with Crippen LogP contribution in [0, 0.1) is 0 Å². The van der Waals surface area contributed by atoms with Crippen LogP contribution in [0.5, 0.6) is 5.75 Å². The number of anilines is 2. The van der Waals surface area contributed by atoms with Crippen LogP contribution in [0.3, 0.4) is 0 Å². The van der Waals surface area contributed by atoms with Crippen LogP contribution in [0.25, 0.3) is 10.8 Å². The first-order valence-electron chi connectivity index (χ1n) is 9.32. The van der Waals surface area contributed by atoms with E-state index in [-0.39, 0.29) is 6.54 Å². The summed E-state index contributed by atoms with van der Waals surface area (Å²) < 4.78 is 30.8. The van der Waals surface area contributed by atoms with Crippen molar-refractivity contribution >= 4 is 38.1 Å². The molecule has 0 saturated heterocycles. The van der Waals surface area contributed by atoms with Crippen LogP contribution >= 0.6 is 0 Å². The van der Waals surface area contributed by atoms with Gasteiger partial charge in [0.15, 0.2) is 0 Å². The van der Waals surface area contributed by atoms with Gasteiger partial charge in [0, 0.05) is 11.1 Å². The van der Waals surface area contributed by atoms with Gasteiger partial charge in [-0.15, -0.1) is 0 Å². The maximum Gasteiger partial charge on any atom is 0.245 e. The average Bonchev–Trinajstić information content (AvgIpc) is 3.12. The summed E-state index contributed by atoms with van der Waals surface area (Å²) in [5.41, 5.74) is 3.67. The third-order valence-electron chi connectivity index (χ3n) is 5.20. The summed E-state index contributed by atoms with van der Waals surface area (Å²) in [6.07, 6.45) is 3.09. The van der Waals surface area contributed by atoms with Crippen molar-refractivity contribution in [1.29, 1.82) is 0 Å². The lowest BCUT2D eigenvalue weighted by atomic mass is 10.0. The predicted octanol–water partition coefficient (Wildman–Crippen LogP) is 3.35. The first-order chi connectivity index (χ1) is 13.9. The lowest BCUT2D eigenvalue weighted by Gasteiger charge is -2.22. The zero-order chi connectivity index (χ0) is 20.6. The van der Waals surface area contributed by atoms with Gasteiger partial charge in [0.1, 0.15) is 12.3 Å². The molecule has 0 fully saturated rings. The number of nitrogens with one attached hydrogen (secondary N) is 1. The van der Waals surface area contributed by atoms with Gasteiger partial charge in [-0.2, -0.15) is 0 Å². The number of aryl methyl sites for hydroxylation is 2. The highest BCUT2D eigenvalue weighted by Crippen LogP contribution is 2.35. The highest BCUT2D eigenvalue weighted by atomic mass is 32.2. The number of hydrogen-bond donors (Lipinski definition) is 1. The summed E-state index contributed by atoms with van der Waals surface area (Å²) in [5, 5.41) is 5.07. The fourth-order valence-corrected chi connectivity index (χ4v) is 4.68. The molecule has 29 heavy (non-hydrogen) atoms. The Morgan fingerprint density at radius 3 is 2.38 bits per heavy atom. The van der Waals surface area contributed by atoms with Gasteiger partial charge in [-0.1, -0.05) is 24.3 Å². The number of methoxy groups -OCH3 is 1. The van der Waals surface area contributed by atoms with E-state index in [4.69, 9.17) is 4.74 Å². The normalized spacial score (nSPS) is 12.8. The van der Waals surface area contributed by atoms with E-state index in [1.807, 2.05) is 24.3 Å². The Morgan fingerprint density at radius 2 is 1.72 bits per heavy atom. The van der Waals surface area contributed by atoms with E-state index in [2.05, 4.69) is 11.4 Å². The summed E-state index contributed by atoms with van der Waals surface area (Å²) >= 11 is 0. The van der Waals surface area contributed by atoms with Crippen molar-refractivity contribution in [2.24, 2.45) is 0 Å². The van der Waals surface area contributed by atoms with E-state index >= 15 is 0 Å². The number of carbonyl (C=O) groups excluding carboxylic acids is 1. The summed E-state index contributed by atoms with van der Waals surface area (Å²) in [5.74, 6) is 0.212. The number of hydrogen-bond acceptors (Lipinski definition) is 4. The number of benzene rings is 3. The first-order valence-corrected chi connectivity index (χ1v) is 11.2. The van der Waals surface area contributed by atoms with Crippen molar-refractivity contribution in [3.63, 3.8) is 0 Å². The quantitative estimate of drug-likeness (QED) is 0.676. The number of rotatable bonds is 6. The van der Waals surface area contributed by atoms with Crippen LogP contribution in [-0.2, 0) is 27.7 Å². The van der Waals surface area contributed by atoms with Gasteiger partial charge in [0.05, 0.1) is 19.1 Å². The highest BCUT2D eigenvalue weighted by Gasteiger charge is 2.22. The lowest BCUT2D eigenvalue weighted by molar-refractivity contribution is -0.114. The Morgan fingerprint density at radius 1 is 1.03 bits per heavy atom. The number of amides is 1. The van der Waals surface area contributed by atoms with E-state index in [0.29, 0.717) is 17.1 Å². The zero-order valence-corrected chi connectivity index (χ0v) is 17.1. The van der Waals surface area contributed by atoms with Gasteiger partial charge >= 0.3 is 0 Å². The molecule has 0 radical (unpaired) electrons. The van der Waals surface area contributed by atoms with Crippen molar-refractivity contribution in [2.75, 3.05) is 29.5 Å². The number of carbonyl (C=O) groups is 1. The molecule has 0 unspecified atom stereocenters. The molecule has 150 valence electrons. The lowest BCUT2D eigenvalue weighted by Crippen LogP contribution is -2.37. The summed E-state index contributed by atoms with van der Waals surface area (Å²) in [4.78, 5) is 12.8. The number of sulfonamides is 1. The summed E-state index contributed by atoms with van der Waals surface area (Å²) in [7, 11) is -2.10. The molecule has 6 nitrogen and oxygen atoms in total. The van der Waals surface area contributed by atoms with Gasteiger partial charge in [0.2, 0.25) is 15.9 Å². The van der Waals surface area contributed by atoms with Crippen molar-refractivity contribution in [2.45, 2.75) is 12.8 Å². The molecule has 0 saturated carbocycles. The zero-order valence-electron chi connectivity index (χ0n) is 16.3. The Kier molecular flexibility index (Phi) is 4.92. The van der Waals surface area contributed by atoms with Crippen LogP contribution in [0.2, 0.25) is 0 Å². The minimum Gasteiger partial charge on any atom is -0.497 e. The van der Waals surface area contributed by atoms with E-state index in [1.54, 1.807) is 24.3 Å². The molecule has 1 amide bonds. The first kappa shape index (κ1) is 19.3. The van der Waals surface area contributed by atoms with E-state index in [0.717, 1.165) is 28.8 Å². The molecule has 0 atom stereocenters. The largest absolute Gasteiger partial charge is 0.497 e. The van der Waals surface area contributed by atoms with Crippen LogP contribution in [0.4, 0.5) is 11.4 Å². The van der Waals surface area contributed by atoms with Gasteiger partial charge in [-0.25, -0.2) is 8.42 Å². The maximum absolute atomic E-state index is 12.8. The monoisotopic (exact) mass is 410 g/mol. The molecule has 0 bridgehead atoms. The third kappa shape index (κ3) is 3.78. The topological polar surface area (TPSA) is 75.7 Å². The van der Waals surface area contributed by atoms with Gasteiger partial charge in [-0.3, -0.25) is 9.10 Å². The van der Waals surface area contributed by atoms with E-state index < -0.39 is 15.9 Å². The Bertz CT molecular complexity index is 1180. The highest BCUT2D eigenvalue weighted by molar-refractivity contribution is 7.92. The van der Waals surface area contributed by atoms with E-state index in [9.17, 15) is 13.2 Å². The minimum atomic E-state index is -3.64.